The third-order valence-electron chi connectivity index (χ3n) is 6.22. The number of nitrogens with zero attached hydrogens (tertiary/aromatic N) is 1. The fraction of sp³-hybridized carbons (Fsp3) is 0.550. The van der Waals surface area contributed by atoms with Gasteiger partial charge in [0.2, 0.25) is 0 Å². The molecule has 6 heteroatoms. The molecule has 5 nitrogen and oxygen atoms in total. The van der Waals surface area contributed by atoms with Gasteiger partial charge < -0.3 is 14.8 Å². The van der Waals surface area contributed by atoms with Crippen molar-refractivity contribution < 1.29 is 14.6 Å². The molecule has 26 heavy (non-hydrogen) atoms. The summed E-state index contributed by atoms with van der Waals surface area (Å²) in [5.41, 5.74) is 1.17. The molecule has 140 valence electrons. The molecule has 4 rings (SSSR count). The van der Waals surface area contributed by atoms with E-state index in [1.165, 1.54) is 4.90 Å². The summed E-state index contributed by atoms with van der Waals surface area (Å²) in [4.78, 5) is 17.4. The maximum absolute atomic E-state index is 12.5. The monoisotopic (exact) mass is 376 g/mol. The fourth-order valence-electron chi connectivity index (χ4n) is 4.65. The van der Waals surface area contributed by atoms with Crippen LogP contribution in [0.25, 0.3) is 10.9 Å². The third kappa shape index (κ3) is 2.60. The molecule has 1 aliphatic carbocycles. The fourth-order valence-corrected chi connectivity index (χ4v) is 4.82. The van der Waals surface area contributed by atoms with Crippen LogP contribution in [0.15, 0.2) is 18.2 Å². The van der Waals surface area contributed by atoms with Crippen LogP contribution in [0, 0.1) is 6.92 Å². The van der Waals surface area contributed by atoms with Crippen LogP contribution in [0.2, 0.25) is 5.02 Å². The van der Waals surface area contributed by atoms with Crippen molar-refractivity contribution in [3.63, 3.8) is 0 Å². The lowest BCUT2D eigenvalue weighted by Gasteiger charge is -2.42. The van der Waals surface area contributed by atoms with Crippen molar-refractivity contribution in [1.29, 1.82) is 0 Å². The average molecular weight is 377 g/mol. The van der Waals surface area contributed by atoms with Gasteiger partial charge in [-0.05, 0) is 69.7 Å². The molecule has 2 N–H and O–H groups in total. The van der Waals surface area contributed by atoms with Crippen molar-refractivity contribution in [3.8, 4) is 0 Å². The highest BCUT2D eigenvalue weighted by Crippen LogP contribution is 2.47. The highest BCUT2D eigenvalue weighted by Gasteiger charge is 2.61. The summed E-state index contributed by atoms with van der Waals surface area (Å²) in [5, 5.41) is 13.0. The van der Waals surface area contributed by atoms with E-state index in [1.54, 1.807) is 6.92 Å². The second-order valence-electron chi connectivity index (χ2n) is 7.76. The molecule has 1 spiro atoms. The number of hydrogen-bond acceptors (Lipinski definition) is 3. The van der Waals surface area contributed by atoms with Gasteiger partial charge in [-0.3, -0.25) is 4.90 Å². The lowest BCUT2D eigenvalue weighted by atomic mass is 9.77. The van der Waals surface area contributed by atoms with Crippen LogP contribution in [0.1, 0.15) is 50.3 Å². The zero-order valence-electron chi connectivity index (χ0n) is 15.3. The van der Waals surface area contributed by atoms with Crippen molar-refractivity contribution in [2.24, 2.45) is 0 Å². The SMILES string of the molecule is Cc1[nH]c2ccc(Cl)cc2c1CCN1C(=O)OC2(CCCCC2)[C@]1(C)O. The number of carbonyl (C=O) groups excluding carboxylic acids is 1. The summed E-state index contributed by atoms with van der Waals surface area (Å²) in [7, 11) is 0. The van der Waals surface area contributed by atoms with E-state index < -0.39 is 17.4 Å². The highest BCUT2D eigenvalue weighted by atomic mass is 35.5. The smallest absolute Gasteiger partial charge is 0.412 e. The molecule has 1 aliphatic heterocycles. The summed E-state index contributed by atoms with van der Waals surface area (Å²) in [6.45, 7) is 4.16. The minimum Gasteiger partial charge on any atom is -0.438 e. The van der Waals surface area contributed by atoms with E-state index in [-0.39, 0.29) is 0 Å². The molecule has 1 aromatic heterocycles. The predicted molar refractivity (Wildman–Crippen MR) is 101 cm³/mol. The molecule has 2 aromatic rings. The van der Waals surface area contributed by atoms with Crippen LogP contribution < -0.4 is 0 Å². The normalized spacial score (nSPS) is 25.2. The number of aromatic nitrogens is 1. The molecule has 1 atom stereocenters. The number of hydrogen-bond donors (Lipinski definition) is 2. The Hall–Kier alpha value is -1.72. The summed E-state index contributed by atoms with van der Waals surface area (Å²) < 4.78 is 5.73. The standard InChI is InChI=1S/C20H25ClN2O3/c1-13-15(16-12-14(21)6-7-17(16)22-13)8-11-23-18(24)26-20(19(23,2)25)9-4-3-5-10-20/h6-7,12,22,25H,3-5,8-11H2,1-2H3/t19-/m0/s1. The van der Waals surface area contributed by atoms with E-state index in [4.69, 9.17) is 16.3 Å². The van der Waals surface area contributed by atoms with Crippen molar-refractivity contribution >= 4 is 28.6 Å². The molecule has 1 aromatic carbocycles. The number of ether oxygens (including phenoxy) is 1. The summed E-state index contributed by atoms with van der Waals surface area (Å²) in [6, 6.07) is 5.77. The van der Waals surface area contributed by atoms with Crippen LogP contribution in [0.4, 0.5) is 4.79 Å². The molecule has 1 amide bonds. The second-order valence-corrected chi connectivity index (χ2v) is 8.20. The largest absolute Gasteiger partial charge is 0.438 e. The number of aliphatic hydroxyl groups is 1. The molecule has 1 saturated carbocycles. The molecule has 1 saturated heterocycles. The van der Waals surface area contributed by atoms with E-state index in [0.29, 0.717) is 18.0 Å². The van der Waals surface area contributed by atoms with Gasteiger partial charge in [0, 0.05) is 28.2 Å². The van der Waals surface area contributed by atoms with Crippen LogP contribution >= 0.6 is 11.6 Å². The van der Waals surface area contributed by atoms with Gasteiger partial charge in [-0.15, -0.1) is 0 Å². The zero-order chi connectivity index (χ0) is 18.5. The molecule has 0 radical (unpaired) electrons. The second kappa shape index (κ2) is 6.17. The molecular weight excluding hydrogens is 352 g/mol. The van der Waals surface area contributed by atoms with Crippen molar-refractivity contribution in [2.75, 3.05) is 6.54 Å². The number of aromatic amines is 1. The first-order valence-corrected chi connectivity index (χ1v) is 9.72. The number of rotatable bonds is 3. The van der Waals surface area contributed by atoms with Crippen LogP contribution in [0.5, 0.6) is 0 Å². The first kappa shape index (κ1) is 17.7. The predicted octanol–water partition coefficient (Wildman–Crippen LogP) is 4.54. The van der Waals surface area contributed by atoms with Crippen LogP contribution in [0.3, 0.4) is 0 Å². The Balaban J connectivity index is 1.59. The van der Waals surface area contributed by atoms with Crippen molar-refractivity contribution in [3.05, 3.63) is 34.5 Å². The highest BCUT2D eigenvalue weighted by molar-refractivity contribution is 6.31. The van der Waals surface area contributed by atoms with E-state index in [1.807, 2.05) is 25.1 Å². The minimum absolute atomic E-state index is 0.410. The number of fused-ring (bicyclic) bond motifs is 1. The average Bonchev–Trinajstić information content (AvgIpc) is 2.98. The van der Waals surface area contributed by atoms with Gasteiger partial charge in [0.1, 0.15) is 0 Å². The molecule has 0 bridgehead atoms. The van der Waals surface area contributed by atoms with Gasteiger partial charge in [-0.25, -0.2) is 4.79 Å². The lowest BCUT2D eigenvalue weighted by Crippen LogP contribution is -2.57. The number of carbonyl (C=O) groups is 1. The van der Waals surface area contributed by atoms with Crippen molar-refractivity contribution in [1.82, 2.24) is 9.88 Å². The van der Waals surface area contributed by atoms with Crippen LogP contribution in [-0.4, -0.2) is 39.0 Å². The Morgan fingerprint density at radius 1 is 1.31 bits per heavy atom. The molecular formula is C20H25ClN2O3. The number of aryl methyl sites for hydroxylation is 1. The first-order chi connectivity index (χ1) is 12.3. The quantitative estimate of drug-likeness (QED) is 0.826. The zero-order valence-corrected chi connectivity index (χ0v) is 16.0. The van der Waals surface area contributed by atoms with Crippen LogP contribution in [-0.2, 0) is 11.2 Å². The van der Waals surface area contributed by atoms with Gasteiger partial charge in [-0.2, -0.15) is 0 Å². The number of amides is 1. The van der Waals surface area contributed by atoms with Gasteiger partial charge in [-0.1, -0.05) is 18.0 Å². The third-order valence-corrected chi connectivity index (χ3v) is 6.46. The van der Waals surface area contributed by atoms with Gasteiger partial charge in [0.25, 0.3) is 0 Å². The number of halogens is 1. The number of H-pyrrole nitrogens is 1. The maximum Gasteiger partial charge on any atom is 0.412 e. The molecule has 2 heterocycles. The van der Waals surface area contributed by atoms with E-state index in [2.05, 4.69) is 4.98 Å². The Labute approximate surface area is 158 Å². The Morgan fingerprint density at radius 3 is 2.77 bits per heavy atom. The van der Waals surface area contributed by atoms with Gasteiger partial charge in [0.05, 0.1) is 0 Å². The summed E-state index contributed by atoms with van der Waals surface area (Å²) >= 11 is 6.15. The van der Waals surface area contributed by atoms with E-state index in [0.717, 1.165) is 54.3 Å². The Bertz CT molecular complexity index is 852. The summed E-state index contributed by atoms with van der Waals surface area (Å²) in [5.74, 6) is 0. The first-order valence-electron chi connectivity index (χ1n) is 9.34. The van der Waals surface area contributed by atoms with Gasteiger partial charge >= 0.3 is 6.09 Å². The van der Waals surface area contributed by atoms with Gasteiger partial charge in [0.15, 0.2) is 11.3 Å². The Morgan fingerprint density at radius 2 is 2.04 bits per heavy atom. The van der Waals surface area contributed by atoms with E-state index >= 15 is 0 Å². The molecule has 0 unspecified atom stereocenters. The number of nitrogens with one attached hydrogen (secondary N) is 1. The maximum atomic E-state index is 12.5. The number of benzene rings is 1. The molecule has 2 aliphatic rings. The van der Waals surface area contributed by atoms with Crippen molar-refractivity contribution in [2.45, 2.75) is 63.7 Å². The summed E-state index contributed by atoms with van der Waals surface area (Å²) in [6.07, 6.45) is 4.77. The lowest BCUT2D eigenvalue weighted by molar-refractivity contribution is -0.158. The topological polar surface area (TPSA) is 65.6 Å². The Kier molecular flexibility index (Phi) is 4.20. The molecule has 2 fully saturated rings. The van der Waals surface area contributed by atoms with E-state index in [9.17, 15) is 9.90 Å². The minimum atomic E-state index is -1.28.